The van der Waals surface area contributed by atoms with Gasteiger partial charge in [-0.2, -0.15) is 0 Å². The number of pyridine rings is 1. The molecule has 2 aromatic heterocycles. The normalized spacial score (nSPS) is 15.4. The molecule has 11 nitrogen and oxygen atoms in total. The number of ether oxygens (including phenoxy) is 1. The van der Waals surface area contributed by atoms with Crippen molar-refractivity contribution in [1.82, 2.24) is 20.5 Å². The molecule has 0 saturated heterocycles. The Labute approximate surface area is 171 Å². The van der Waals surface area contributed by atoms with Gasteiger partial charge < -0.3 is 20.7 Å². The minimum Gasteiger partial charge on any atom is -0.495 e. The second-order valence-corrected chi connectivity index (χ2v) is 8.31. The van der Waals surface area contributed by atoms with Gasteiger partial charge >= 0.3 is 0 Å². The van der Waals surface area contributed by atoms with Crippen LogP contribution in [0, 0.1) is 5.92 Å². The van der Waals surface area contributed by atoms with E-state index in [-0.39, 0.29) is 39.8 Å². The van der Waals surface area contributed by atoms with Gasteiger partial charge in [0.25, 0.3) is 5.91 Å². The molecule has 0 aromatic carbocycles. The SMILES string of the molecule is [2H]C([2H])([2H])NC(=O)c1nnc(NC(=O)C2CC2)cc1Nc1ncc(OC)cc1S(C)(=O)=O. The van der Waals surface area contributed by atoms with Gasteiger partial charge in [0.15, 0.2) is 21.3 Å². The minimum atomic E-state index is -3.78. The van der Waals surface area contributed by atoms with E-state index in [0.29, 0.717) is 0 Å². The van der Waals surface area contributed by atoms with Crippen molar-refractivity contribution in [2.45, 2.75) is 17.7 Å². The summed E-state index contributed by atoms with van der Waals surface area (Å²) in [6.45, 7) is -2.80. The first-order valence-electron chi connectivity index (χ1n) is 9.89. The van der Waals surface area contributed by atoms with Gasteiger partial charge in [0.2, 0.25) is 5.91 Å². The molecule has 2 amide bonds. The number of carbonyl (C=O) groups is 2. The summed E-state index contributed by atoms with van der Waals surface area (Å²) in [6, 6.07) is 2.47. The monoisotopic (exact) mass is 423 g/mol. The lowest BCUT2D eigenvalue weighted by Gasteiger charge is -2.14. The summed E-state index contributed by atoms with van der Waals surface area (Å²) < 4.78 is 51.2. The molecule has 154 valence electrons. The van der Waals surface area contributed by atoms with Gasteiger partial charge in [-0.3, -0.25) is 9.59 Å². The molecule has 29 heavy (non-hydrogen) atoms. The number of nitrogens with zero attached hydrogens (tertiary/aromatic N) is 3. The Hall–Kier alpha value is -3.28. The third-order valence-electron chi connectivity index (χ3n) is 4.04. The van der Waals surface area contributed by atoms with Crippen LogP contribution in [0.5, 0.6) is 5.75 Å². The van der Waals surface area contributed by atoms with Crippen LogP contribution < -0.4 is 20.7 Å². The van der Waals surface area contributed by atoms with E-state index in [4.69, 9.17) is 8.85 Å². The van der Waals surface area contributed by atoms with Crippen LogP contribution in [-0.4, -0.2) is 55.8 Å². The molecule has 0 radical (unpaired) electrons. The zero-order chi connectivity index (χ0) is 23.7. The fourth-order valence-electron chi connectivity index (χ4n) is 2.39. The van der Waals surface area contributed by atoms with Gasteiger partial charge in [-0.15, -0.1) is 10.2 Å². The first-order valence-corrected chi connectivity index (χ1v) is 10.3. The number of nitrogens with one attached hydrogen (secondary N) is 3. The number of amides is 2. The van der Waals surface area contributed by atoms with E-state index in [1.165, 1.54) is 25.4 Å². The van der Waals surface area contributed by atoms with Gasteiger partial charge in [-0.05, 0) is 12.8 Å². The number of methoxy groups -OCH3 is 1. The highest BCUT2D eigenvalue weighted by molar-refractivity contribution is 7.90. The van der Waals surface area contributed by atoms with Crippen molar-refractivity contribution in [2.24, 2.45) is 5.92 Å². The lowest BCUT2D eigenvalue weighted by molar-refractivity contribution is -0.117. The molecule has 3 N–H and O–H groups in total. The Kier molecular flexibility index (Phi) is 4.59. The highest BCUT2D eigenvalue weighted by Crippen LogP contribution is 2.31. The Morgan fingerprint density at radius 1 is 1.28 bits per heavy atom. The van der Waals surface area contributed by atoms with E-state index in [1.54, 1.807) is 5.32 Å². The first kappa shape index (κ1) is 16.7. The van der Waals surface area contributed by atoms with Crippen molar-refractivity contribution in [2.75, 3.05) is 31.0 Å². The predicted octanol–water partition coefficient (Wildman–Crippen LogP) is 0.735. The molecule has 0 aliphatic heterocycles. The average Bonchev–Trinajstić information content (AvgIpc) is 3.51. The molecule has 1 aliphatic carbocycles. The minimum absolute atomic E-state index is 0.00995. The van der Waals surface area contributed by atoms with Crippen molar-refractivity contribution in [3.05, 3.63) is 24.0 Å². The molecule has 2 heterocycles. The van der Waals surface area contributed by atoms with Gasteiger partial charge in [0.05, 0.1) is 19.0 Å². The largest absolute Gasteiger partial charge is 0.495 e. The third-order valence-corrected chi connectivity index (χ3v) is 5.15. The van der Waals surface area contributed by atoms with E-state index in [2.05, 4.69) is 25.8 Å². The van der Waals surface area contributed by atoms with Gasteiger partial charge in [-0.25, -0.2) is 13.4 Å². The maximum atomic E-state index is 12.4. The van der Waals surface area contributed by atoms with Crippen LogP contribution in [-0.2, 0) is 14.6 Å². The van der Waals surface area contributed by atoms with E-state index in [9.17, 15) is 18.0 Å². The maximum Gasteiger partial charge on any atom is 0.273 e. The number of carbonyl (C=O) groups excluding carboxylic acids is 2. The molecule has 0 unspecified atom stereocenters. The number of hydrogen-bond donors (Lipinski definition) is 3. The Bertz CT molecular complexity index is 1170. The van der Waals surface area contributed by atoms with Crippen LogP contribution in [0.15, 0.2) is 23.2 Å². The number of hydrogen-bond acceptors (Lipinski definition) is 9. The summed E-state index contributed by atoms with van der Waals surface area (Å²) in [5, 5.41) is 14.5. The van der Waals surface area contributed by atoms with Crippen molar-refractivity contribution in [3.63, 3.8) is 0 Å². The average molecular weight is 423 g/mol. The Balaban J connectivity index is 2.03. The predicted molar refractivity (Wildman–Crippen MR) is 104 cm³/mol. The van der Waals surface area contributed by atoms with E-state index < -0.39 is 28.4 Å². The molecule has 2 aromatic rings. The van der Waals surface area contributed by atoms with Crippen molar-refractivity contribution in [1.29, 1.82) is 0 Å². The van der Waals surface area contributed by atoms with Crippen molar-refractivity contribution >= 4 is 39.0 Å². The molecule has 3 rings (SSSR count). The van der Waals surface area contributed by atoms with E-state index >= 15 is 0 Å². The van der Waals surface area contributed by atoms with E-state index in [1.807, 2.05) is 0 Å². The molecule has 1 fully saturated rings. The maximum absolute atomic E-state index is 12.4. The van der Waals surface area contributed by atoms with Crippen LogP contribution in [0.1, 0.15) is 27.4 Å². The fourth-order valence-corrected chi connectivity index (χ4v) is 3.18. The molecule has 1 aliphatic rings. The highest BCUT2D eigenvalue weighted by atomic mass is 32.2. The standard InChI is InChI=1S/C17H20N6O5S/c1-18-17(25)14-11(7-13(22-23-14)21-16(24)9-4-5-9)20-15-12(29(3,26)27)6-10(28-2)8-19-15/h6-9H,4-5H2,1-3H3,(H,18,25)(H2,19,20,21,22,24)/i1D3. The molecular weight excluding hydrogens is 400 g/mol. The highest BCUT2D eigenvalue weighted by Gasteiger charge is 2.30. The zero-order valence-electron chi connectivity index (χ0n) is 18.5. The number of rotatable bonds is 7. The van der Waals surface area contributed by atoms with Crippen LogP contribution in [0.25, 0.3) is 0 Å². The molecule has 0 bridgehead atoms. The summed E-state index contributed by atoms with van der Waals surface area (Å²) in [5.74, 6) is -1.49. The first-order chi connectivity index (χ1) is 14.9. The Morgan fingerprint density at radius 2 is 2.03 bits per heavy atom. The smallest absolute Gasteiger partial charge is 0.273 e. The Morgan fingerprint density at radius 3 is 2.66 bits per heavy atom. The molecule has 12 heteroatoms. The summed E-state index contributed by atoms with van der Waals surface area (Å²) in [5.41, 5.74) is -0.557. The van der Waals surface area contributed by atoms with Crippen LogP contribution in [0.3, 0.4) is 0 Å². The second kappa shape index (κ2) is 7.99. The zero-order valence-corrected chi connectivity index (χ0v) is 16.3. The fraction of sp³-hybridized carbons (Fsp3) is 0.353. The second-order valence-electron chi connectivity index (χ2n) is 6.33. The van der Waals surface area contributed by atoms with Gasteiger partial charge in [-0.1, -0.05) is 0 Å². The number of sulfone groups is 1. The summed E-state index contributed by atoms with van der Waals surface area (Å²) in [7, 11) is -2.44. The molecule has 0 spiro atoms. The molecule has 0 atom stereocenters. The van der Waals surface area contributed by atoms with Crippen molar-refractivity contribution in [3.8, 4) is 5.75 Å². The molecular formula is C17H20N6O5S. The topological polar surface area (TPSA) is 152 Å². The molecule has 1 saturated carbocycles. The van der Waals surface area contributed by atoms with Crippen LogP contribution in [0.2, 0.25) is 0 Å². The van der Waals surface area contributed by atoms with Crippen molar-refractivity contribution < 1.29 is 26.9 Å². The summed E-state index contributed by atoms with van der Waals surface area (Å²) in [4.78, 5) is 28.3. The van der Waals surface area contributed by atoms with Crippen LogP contribution >= 0.6 is 0 Å². The van der Waals surface area contributed by atoms with E-state index in [0.717, 1.165) is 19.1 Å². The van der Waals surface area contributed by atoms with Crippen LogP contribution in [0.4, 0.5) is 17.3 Å². The van der Waals surface area contributed by atoms with Gasteiger partial charge in [0, 0.05) is 35.4 Å². The van der Waals surface area contributed by atoms with Gasteiger partial charge in [0.1, 0.15) is 16.5 Å². The third kappa shape index (κ3) is 4.77. The lowest BCUT2D eigenvalue weighted by atomic mass is 10.2. The summed E-state index contributed by atoms with van der Waals surface area (Å²) >= 11 is 0. The quantitative estimate of drug-likeness (QED) is 0.585. The lowest BCUT2D eigenvalue weighted by Crippen LogP contribution is -2.22. The summed E-state index contributed by atoms with van der Waals surface area (Å²) in [6.07, 6.45) is 3.71. The number of anilines is 3. The number of aromatic nitrogens is 3.